The molecule has 2 rings (SSSR count). The van der Waals surface area contributed by atoms with E-state index in [2.05, 4.69) is 10.3 Å². The van der Waals surface area contributed by atoms with Crippen molar-refractivity contribution in [1.82, 2.24) is 14.9 Å². The fraction of sp³-hybridized carbons (Fsp3) is 0.615. The fourth-order valence-corrected chi connectivity index (χ4v) is 4.58. The molecule has 1 N–H and O–H groups in total. The van der Waals surface area contributed by atoms with Gasteiger partial charge in [-0.15, -0.1) is 0 Å². The monoisotopic (exact) mass is 374 g/mol. The average Bonchev–Trinajstić information content (AvgIpc) is 2.80. The number of hydrogen-bond donors (Lipinski definition) is 1. The Labute approximate surface area is 146 Å². The molecule has 24 heavy (non-hydrogen) atoms. The molecule has 0 radical (unpaired) electrons. The maximum atomic E-state index is 12.1. The predicted molar refractivity (Wildman–Crippen MR) is 90.6 cm³/mol. The molecular formula is C13H18N4O5S2. The van der Waals surface area contributed by atoms with E-state index < -0.39 is 21.7 Å². The van der Waals surface area contributed by atoms with E-state index in [1.165, 1.54) is 32.4 Å². The second-order valence-electron chi connectivity index (χ2n) is 5.64. The number of amides is 1. The highest BCUT2D eigenvalue weighted by Crippen LogP contribution is 2.38. The number of nitro groups is 1. The zero-order chi connectivity index (χ0) is 17.9. The molecule has 9 nitrogen and oxygen atoms in total. The van der Waals surface area contributed by atoms with E-state index >= 15 is 0 Å². The fourth-order valence-electron chi connectivity index (χ4n) is 2.00. The van der Waals surface area contributed by atoms with E-state index in [4.69, 9.17) is 4.74 Å². The maximum Gasteiger partial charge on any atom is 0.342 e. The number of esters is 1. The van der Waals surface area contributed by atoms with E-state index in [0.29, 0.717) is 11.6 Å². The molecular weight excluding hydrogens is 356 g/mol. The van der Waals surface area contributed by atoms with E-state index in [9.17, 15) is 19.7 Å². The van der Waals surface area contributed by atoms with Gasteiger partial charge in [-0.05, 0) is 18.8 Å². The van der Waals surface area contributed by atoms with Crippen molar-refractivity contribution in [2.45, 2.75) is 38.1 Å². The van der Waals surface area contributed by atoms with Crippen LogP contribution in [0.5, 0.6) is 0 Å². The summed E-state index contributed by atoms with van der Waals surface area (Å²) in [5.74, 6) is -0.0486. The van der Waals surface area contributed by atoms with Gasteiger partial charge in [0.15, 0.2) is 5.82 Å². The summed E-state index contributed by atoms with van der Waals surface area (Å²) in [6.07, 6.45) is 1.17. The molecule has 1 fully saturated rings. The van der Waals surface area contributed by atoms with Crippen LogP contribution < -0.4 is 5.32 Å². The lowest BCUT2D eigenvalue weighted by molar-refractivity contribution is -0.392. The number of imidazole rings is 1. The average molecular weight is 374 g/mol. The molecule has 0 bridgehead atoms. The van der Waals surface area contributed by atoms with Crippen molar-refractivity contribution in [3.63, 3.8) is 0 Å². The number of nitrogens with one attached hydrogen (secondary N) is 1. The molecule has 132 valence electrons. The van der Waals surface area contributed by atoms with E-state index in [-0.39, 0.29) is 24.9 Å². The highest BCUT2D eigenvalue weighted by molar-refractivity contribution is 8.77. The first-order valence-corrected chi connectivity index (χ1v) is 9.49. The van der Waals surface area contributed by atoms with Gasteiger partial charge in [-0.25, -0.2) is 14.3 Å². The Hall–Kier alpha value is -1.75. The normalized spacial score (nSPS) is 20.1. The van der Waals surface area contributed by atoms with Crippen LogP contribution in [0, 0.1) is 17.0 Å². The Morgan fingerprint density at radius 3 is 3.00 bits per heavy atom. The standard InChI is InChI=1S/C13H18N4O5S2/c1-8-14-6-10(17(20)21)16(8)4-5-22-11(18)9-7-23-24-13(2,3)12(19)15-9/h6,9H,4-5,7H2,1-3H3,(H,15,19)/t9-/m0/s1. The van der Waals surface area contributed by atoms with E-state index in [1.807, 2.05) is 0 Å². The number of aryl methyl sites for hydroxylation is 1. The Kier molecular flexibility index (Phi) is 5.75. The van der Waals surface area contributed by atoms with Crippen molar-refractivity contribution < 1.29 is 19.2 Å². The summed E-state index contributed by atoms with van der Waals surface area (Å²) < 4.78 is 5.92. The van der Waals surface area contributed by atoms with Crippen LogP contribution in [0.2, 0.25) is 0 Å². The number of hydrogen-bond acceptors (Lipinski definition) is 8. The summed E-state index contributed by atoms with van der Waals surface area (Å²) in [6.45, 7) is 5.30. The molecule has 1 saturated heterocycles. The van der Waals surface area contributed by atoms with Gasteiger partial charge in [-0.3, -0.25) is 4.79 Å². The predicted octanol–water partition coefficient (Wildman–Crippen LogP) is 1.30. The lowest BCUT2D eigenvalue weighted by Crippen LogP contribution is -2.48. The van der Waals surface area contributed by atoms with Gasteiger partial charge in [0.05, 0.1) is 4.75 Å². The van der Waals surface area contributed by atoms with Crippen molar-refractivity contribution in [2.75, 3.05) is 12.4 Å². The lowest BCUT2D eigenvalue weighted by Gasteiger charge is -2.19. The van der Waals surface area contributed by atoms with Crippen LogP contribution in [-0.4, -0.2) is 49.5 Å². The van der Waals surface area contributed by atoms with Crippen LogP contribution in [0.1, 0.15) is 19.7 Å². The summed E-state index contributed by atoms with van der Waals surface area (Å²) in [6, 6.07) is -0.726. The molecule has 1 aliphatic rings. The minimum absolute atomic E-state index is 0.0373. The third-order valence-electron chi connectivity index (χ3n) is 3.42. The molecule has 1 atom stereocenters. The number of nitrogens with zero attached hydrogens (tertiary/aromatic N) is 3. The smallest absolute Gasteiger partial charge is 0.342 e. The highest BCUT2D eigenvalue weighted by Gasteiger charge is 2.36. The van der Waals surface area contributed by atoms with Crippen LogP contribution in [0.25, 0.3) is 0 Å². The second-order valence-corrected chi connectivity index (χ2v) is 8.61. The number of ether oxygens (including phenoxy) is 1. The third kappa shape index (κ3) is 4.20. The van der Waals surface area contributed by atoms with Gasteiger partial charge in [0.25, 0.3) is 0 Å². The van der Waals surface area contributed by atoms with Crippen LogP contribution in [0.4, 0.5) is 5.82 Å². The van der Waals surface area contributed by atoms with E-state index in [1.54, 1.807) is 20.8 Å². The maximum absolute atomic E-state index is 12.1. The summed E-state index contributed by atoms with van der Waals surface area (Å²) in [7, 11) is 2.84. The highest BCUT2D eigenvalue weighted by atomic mass is 33.1. The Bertz CT molecular complexity index is 661. The summed E-state index contributed by atoms with van der Waals surface area (Å²) in [5.41, 5.74) is 0. The Balaban J connectivity index is 1.91. The van der Waals surface area contributed by atoms with Crippen molar-refractivity contribution in [3.8, 4) is 0 Å². The number of carbonyl (C=O) groups excluding carboxylic acids is 2. The molecule has 2 heterocycles. The number of aromatic nitrogens is 2. The van der Waals surface area contributed by atoms with Gasteiger partial charge >= 0.3 is 11.8 Å². The first-order valence-electron chi connectivity index (χ1n) is 7.17. The molecule has 0 aromatic carbocycles. The quantitative estimate of drug-likeness (QED) is 0.355. The summed E-state index contributed by atoms with van der Waals surface area (Å²) >= 11 is 0. The van der Waals surface area contributed by atoms with Gasteiger partial charge in [0.1, 0.15) is 25.4 Å². The molecule has 1 aromatic rings. The van der Waals surface area contributed by atoms with Gasteiger partial charge in [0.2, 0.25) is 5.91 Å². The third-order valence-corrected chi connectivity index (χ3v) is 6.62. The topological polar surface area (TPSA) is 116 Å². The van der Waals surface area contributed by atoms with Crippen molar-refractivity contribution in [3.05, 3.63) is 22.1 Å². The second kappa shape index (κ2) is 7.43. The molecule has 0 aliphatic carbocycles. The van der Waals surface area contributed by atoms with Gasteiger partial charge in [-0.2, -0.15) is 0 Å². The first kappa shape index (κ1) is 18.6. The van der Waals surface area contributed by atoms with Crippen molar-refractivity contribution in [2.24, 2.45) is 0 Å². The molecule has 1 aromatic heterocycles. The van der Waals surface area contributed by atoms with Gasteiger partial charge in [-0.1, -0.05) is 21.6 Å². The molecule has 1 amide bonds. The van der Waals surface area contributed by atoms with Gasteiger partial charge < -0.3 is 20.2 Å². The Morgan fingerprint density at radius 2 is 2.33 bits per heavy atom. The van der Waals surface area contributed by atoms with E-state index in [0.717, 1.165) is 0 Å². The molecule has 0 unspecified atom stereocenters. The number of rotatable bonds is 5. The summed E-state index contributed by atoms with van der Waals surface area (Å²) in [4.78, 5) is 38.4. The summed E-state index contributed by atoms with van der Waals surface area (Å²) in [5, 5.41) is 13.6. The number of carbonyl (C=O) groups is 2. The molecule has 0 spiro atoms. The largest absolute Gasteiger partial charge is 0.460 e. The zero-order valence-corrected chi connectivity index (χ0v) is 15.1. The van der Waals surface area contributed by atoms with Crippen molar-refractivity contribution in [1.29, 1.82) is 0 Å². The molecule has 1 aliphatic heterocycles. The minimum atomic E-state index is -0.726. The lowest BCUT2D eigenvalue weighted by atomic mass is 10.2. The van der Waals surface area contributed by atoms with Crippen molar-refractivity contribution >= 4 is 39.3 Å². The minimum Gasteiger partial charge on any atom is -0.460 e. The molecule has 0 saturated carbocycles. The van der Waals surface area contributed by atoms with Crippen LogP contribution in [0.15, 0.2) is 6.20 Å². The first-order chi connectivity index (χ1) is 11.2. The van der Waals surface area contributed by atoms with Crippen LogP contribution in [-0.2, 0) is 20.9 Å². The van der Waals surface area contributed by atoms with Gasteiger partial charge in [0, 0.05) is 12.7 Å². The Morgan fingerprint density at radius 1 is 1.62 bits per heavy atom. The molecule has 11 heteroatoms. The van der Waals surface area contributed by atoms with Crippen LogP contribution in [0.3, 0.4) is 0 Å². The van der Waals surface area contributed by atoms with Crippen LogP contribution >= 0.6 is 21.6 Å². The SMILES string of the molecule is Cc1ncc([N+](=O)[O-])n1CCOC(=O)[C@@H]1CSSC(C)(C)C(=O)N1. The zero-order valence-electron chi connectivity index (χ0n) is 13.5.